The molecule has 5 heteroatoms. The molecule has 116 valence electrons. The number of carbonyl (C=O) groups is 1. The zero-order valence-electron chi connectivity index (χ0n) is 12.3. The highest BCUT2D eigenvalue weighted by Crippen LogP contribution is 2.29. The van der Waals surface area contributed by atoms with E-state index in [1.807, 2.05) is 31.2 Å². The molecule has 1 unspecified atom stereocenters. The molecular formula is C16H22ClNO3. The summed E-state index contributed by atoms with van der Waals surface area (Å²) in [6, 6.07) is 7.69. The van der Waals surface area contributed by atoms with Gasteiger partial charge in [0.1, 0.15) is 11.9 Å². The molecule has 0 radical (unpaired) electrons. The van der Waals surface area contributed by atoms with E-state index in [0.29, 0.717) is 5.92 Å². The summed E-state index contributed by atoms with van der Waals surface area (Å²) in [4.78, 5) is 14.3. The Morgan fingerprint density at radius 1 is 1.33 bits per heavy atom. The van der Waals surface area contributed by atoms with E-state index >= 15 is 0 Å². The van der Waals surface area contributed by atoms with Gasteiger partial charge in [0, 0.05) is 6.54 Å². The molecule has 2 bridgehead atoms. The Bertz CT molecular complexity index is 486. The zero-order chi connectivity index (χ0) is 13.9. The number of hydrogen-bond donors (Lipinski definition) is 0. The van der Waals surface area contributed by atoms with Crippen LogP contribution in [0.15, 0.2) is 24.3 Å². The number of ether oxygens (including phenoxy) is 2. The zero-order valence-corrected chi connectivity index (χ0v) is 13.1. The van der Waals surface area contributed by atoms with Gasteiger partial charge in [0.15, 0.2) is 6.61 Å². The maximum Gasteiger partial charge on any atom is 0.344 e. The number of rotatable bonds is 4. The van der Waals surface area contributed by atoms with Gasteiger partial charge in [-0.2, -0.15) is 0 Å². The molecular weight excluding hydrogens is 290 g/mol. The molecule has 3 saturated heterocycles. The standard InChI is InChI=1S/C16H21NO3.ClH/c1-12-3-2-4-14(9-12)19-11-16(18)20-15-10-17-7-5-13(15)6-8-17;/h2-4,9,13,15H,5-8,10-11H2,1H3;1H. The van der Waals surface area contributed by atoms with Crippen molar-refractivity contribution in [3.63, 3.8) is 0 Å². The molecule has 1 atom stereocenters. The first-order valence-electron chi connectivity index (χ1n) is 7.32. The lowest BCUT2D eigenvalue weighted by molar-refractivity contribution is -0.161. The highest BCUT2D eigenvalue weighted by Gasteiger charge is 2.36. The molecule has 3 heterocycles. The molecule has 0 N–H and O–H groups in total. The molecule has 4 nitrogen and oxygen atoms in total. The van der Waals surface area contributed by atoms with Crippen LogP contribution in [0.5, 0.6) is 5.75 Å². The first kappa shape index (κ1) is 16.1. The van der Waals surface area contributed by atoms with Gasteiger partial charge in [0.05, 0.1) is 0 Å². The largest absolute Gasteiger partial charge is 0.482 e. The van der Waals surface area contributed by atoms with Crippen molar-refractivity contribution >= 4 is 18.4 Å². The summed E-state index contributed by atoms with van der Waals surface area (Å²) < 4.78 is 11.1. The average Bonchev–Trinajstić information content (AvgIpc) is 2.46. The molecule has 1 aromatic carbocycles. The Morgan fingerprint density at radius 2 is 2.10 bits per heavy atom. The van der Waals surface area contributed by atoms with Crippen LogP contribution in [0.3, 0.4) is 0 Å². The number of aryl methyl sites for hydroxylation is 1. The summed E-state index contributed by atoms with van der Waals surface area (Å²) in [5.74, 6) is 1.00. The third kappa shape index (κ3) is 4.11. The van der Waals surface area contributed by atoms with Crippen LogP contribution in [0.2, 0.25) is 0 Å². The van der Waals surface area contributed by atoms with Gasteiger partial charge in [-0.1, -0.05) is 12.1 Å². The Hall–Kier alpha value is -1.26. The van der Waals surface area contributed by atoms with Gasteiger partial charge in [-0.15, -0.1) is 12.4 Å². The highest BCUT2D eigenvalue weighted by atomic mass is 35.5. The van der Waals surface area contributed by atoms with E-state index < -0.39 is 0 Å². The predicted octanol–water partition coefficient (Wildman–Crippen LogP) is 2.43. The van der Waals surface area contributed by atoms with Gasteiger partial charge in [-0.25, -0.2) is 4.79 Å². The predicted molar refractivity (Wildman–Crippen MR) is 83.0 cm³/mol. The SMILES string of the molecule is Cc1cccc(OCC(=O)OC2CN3CCC2CC3)c1.Cl. The molecule has 0 saturated carbocycles. The van der Waals surface area contributed by atoms with Crippen molar-refractivity contribution in [1.82, 2.24) is 4.90 Å². The number of piperidine rings is 3. The Balaban J connectivity index is 0.00000161. The van der Waals surface area contributed by atoms with Gasteiger partial charge in [0.25, 0.3) is 0 Å². The van der Waals surface area contributed by atoms with Gasteiger partial charge in [-0.3, -0.25) is 4.90 Å². The van der Waals surface area contributed by atoms with Crippen molar-refractivity contribution in [2.24, 2.45) is 5.92 Å². The van der Waals surface area contributed by atoms with E-state index in [-0.39, 0.29) is 31.1 Å². The molecule has 0 aromatic heterocycles. The summed E-state index contributed by atoms with van der Waals surface area (Å²) >= 11 is 0. The molecule has 0 spiro atoms. The molecule has 21 heavy (non-hydrogen) atoms. The summed E-state index contributed by atoms with van der Waals surface area (Å²) in [6.07, 6.45) is 2.36. The van der Waals surface area contributed by atoms with Crippen molar-refractivity contribution in [3.05, 3.63) is 29.8 Å². The van der Waals surface area contributed by atoms with Crippen LogP contribution < -0.4 is 4.74 Å². The molecule has 0 aliphatic carbocycles. The van der Waals surface area contributed by atoms with Crippen LogP contribution in [-0.2, 0) is 9.53 Å². The van der Waals surface area contributed by atoms with Crippen LogP contribution in [-0.4, -0.2) is 43.2 Å². The van der Waals surface area contributed by atoms with Crippen LogP contribution >= 0.6 is 12.4 Å². The molecule has 3 aliphatic heterocycles. The Kier molecular flexibility index (Phi) is 5.48. The molecule has 1 aromatic rings. The minimum absolute atomic E-state index is 0. The normalized spacial score (nSPS) is 26.8. The van der Waals surface area contributed by atoms with Gasteiger partial charge in [-0.05, 0) is 56.5 Å². The third-order valence-corrected chi connectivity index (χ3v) is 4.23. The second kappa shape index (κ2) is 7.14. The maximum atomic E-state index is 11.9. The minimum atomic E-state index is -0.259. The molecule has 3 aliphatic rings. The lowest BCUT2D eigenvalue weighted by atomic mass is 9.86. The number of halogens is 1. The molecule has 4 rings (SSSR count). The van der Waals surface area contributed by atoms with Gasteiger partial charge >= 0.3 is 5.97 Å². The average molecular weight is 312 g/mol. The Morgan fingerprint density at radius 3 is 2.71 bits per heavy atom. The summed E-state index contributed by atoms with van der Waals surface area (Å²) in [5, 5.41) is 0. The van der Waals surface area contributed by atoms with Crippen molar-refractivity contribution in [1.29, 1.82) is 0 Å². The minimum Gasteiger partial charge on any atom is -0.482 e. The van der Waals surface area contributed by atoms with Crippen molar-refractivity contribution in [2.75, 3.05) is 26.2 Å². The lowest BCUT2D eigenvalue weighted by Crippen LogP contribution is -2.52. The van der Waals surface area contributed by atoms with Crippen molar-refractivity contribution in [2.45, 2.75) is 25.9 Å². The van der Waals surface area contributed by atoms with E-state index in [9.17, 15) is 4.79 Å². The van der Waals surface area contributed by atoms with Crippen LogP contribution in [0.1, 0.15) is 18.4 Å². The fraction of sp³-hybridized carbons (Fsp3) is 0.562. The smallest absolute Gasteiger partial charge is 0.344 e. The molecule has 3 fully saturated rings. The number of nitrogens with zero attached hydrogens (tertiary/aromatic N) is 1. The number of carbonyl (C=O) groups excluding carboxylic acids is 1. The first-order chi connectivity index (χ1) is 9.70. The number of benzene rings is 1. The van der Waals surface area contributed by atoms with Crippen LogP contribution in [0, 0.1) is 12.8 Å². The second-order valence-electron chi connectivity index (χ2n) is 5.77. The van der Waals surface area contributed by atoms with Crippen LogP contribution in [0.25, 0.3) is 0 Å². The van der Waals surface area contributed by atoms with Gasteiger partial charge < -0.3 is 9.47 Å². The monoisotopic (exact) mass is 311 g/mol. The third-order valence-electron chi connectivity index (χ3n) is 4.23. The fourth-order valence-electron chi connectivity index (χ4n) is 3.09. The quantitative estimate of drug-likeness (QED) is 0.801. The van der Waals surface area contributed by atoms with E-state index in [1.54, 1.807) is 0 Å². The Labute approximate surface area is 131 Å². The number of hydrogen-bond acceptors (Lipinski definition) is 4. The molecule has 0 amide bonds. The first-order valence-corrected chi connectivity index (χ1v) is 7.32. The van der Waals surface area contributed by atoms with Crippen molar-refractivity contribution < 1.29 is 14.3 Å². The summed E-state index contributed by atoms with van der Waals surface area (Å²) in [5.41, 5.74) is 1.12. The van der Waals surface area contributed by atoms with Crippen LogP contribution in [0.4, 0.5) is 0 Å². The second-order valence-corrected chi connectivity index (χ2v) is 5.77. The fourth-order valence-corrected chi connectivity index (χ4v) is 3.09. The maximum absolute atomic E-state index is 11.9. The van der Waals surface area contributed by atoms with E-state index in [1.165, 1.54) is 0 Å². The van der Waals surface area contributed by atoms with Gasteiger partial charge in [0.2, 0.25) is 0 Å². The topological polar surface area (TPSA) is 38.8 Å². The number of esters is 1. The van der Waals surface area contributed by atoms with E-state index in [4.69, 9.17) is 9.47 Å². The van der Waals surface area contributed by atoms with Crippen molar-refractivity contribution in [3.8, 4) is 5.75 Å². The number of fused-ring (bicyclic) bond motifs is 3. The summed E-state index contributed by atoms with van der Waals surface area (Å²) in [7, 11) is 0. The van der Waals surface area contributed by atoms with E-state index in [0.717, 1.165) is 43.8 Å². The highest BCUT2D eigenvalue weighted by molar-refractivity contribution is 5.85. The lowest BCUT2D eigenvalue weighted by Gasteiger charge is -2.43. The van der Waals surface area contributed by atoms with E-state index in [2.05, 4.69) is 4.90 Å². The summed E-state index contributed by atoms with van der Waals surface area (Å²) in [6.45, 7) is 5.18.